The van der Waals surface area contributed by atoms with E-state index in [1.807, 2.05) is 30.5 Å². The van der Waals surface area contributed by atoms with Crippen molar-refractivity contribution in [3.8, 4) is 16.5 Å². The molecule has 1 N–H and O–H groups in total. The van der Waals surface area contributed by atoms with Gasteiger partial charge in [0.05, 0.1) is 18.0 Å². The Morgan fingerprint density at radius 2 is 2.09 bits per heavy atom. The van der Waals surface area contributed by atoms with Crippen molar-refractivity contribution in [1.29, 1.82) is 0 Å². The second-order valence-electron chi connectivity index (χ2n) is 8.11. The first-order valence-electron chi connectivity index (χ1n) is 11.0. The molecule has 4 amide bonds. The number of aromatic nitrogens is 2. The van der Waals surface area contributed by atoms with E-state index >= 15 is 0 Å². The van der Waals surface area contributed by atoms with Gasteiger partial charge in [-0.15, -0.1) is 21.5 Å². The van der Waals surface area contributed by atoms with Crippen LogP contribution in [0.2, 0.25) is 0 Å². The maximum Gasteiger partial charge on any atom is 0.325 e. The lowest BCUT2D eigenvalue weighted by atomic mass is 9.84. The Kier molecular flexibility index (Phi) is 5.78. The van der Waals surface area contributed by atoms with Gasteiger partial charge in [0, 0.05) is 18.5 Å². The second kappa shape index (κ2) is 8.90. The molecule has 0 unspecified atom stereocenters. The number of nitrogens with one attached hydrogen (secondary N) is 1. The van der Waals surface area contributed by atoms with Crippen molar-refractivity contribution in [2.45, 2.75) is 31.8 Å². The average Bonchev–Trinajstić information content (AvgIpc) is 3.57. The zero-order valence-corrected chi connectivity index (χ0v) is 19.3. The number of benzene rings is 1. The summed E-state index contributed by atoms with van der Waals surface area (Å²) in [4.78, 5) is 42.8. The lowest BCUT2D eigenvalue weighted by Gasteiger charge is -2.33. The van der Waals surface area contributed by atoms with E-state index in [4.69, 9.17) is 9.15 Å². The highest BCUT2D eigenvalue weighted by Crippen LogP contribution is 2.40. The van der Waals surface area contributed by atoms with Crippen LogP contribution in [-0.2, 0) is 21.7 Å². The fraction of sp³-hybridized carbons (Fsp3) is 0.348. The molecule has 5 rings (SSSR count). The molecule has 34 heavy (non-hydrogen) atoms. The number of hydrogen-bond donors (Lipinski definition) is 1. The molecular weight excluding hydrogens is 458 g/mol. The summed E-state index contributed by atoms with van der Waals surface area (Å²) in [5, 5.41) is 12.8. The van der Waals surface area contributed by atoms with Crippen LogP contribution in [-0.4, -0.2) is 57.5 Å². The maximum absolute atomic E-state index is 13.4. The van der Waals surface area contributed by atoms with Crippen LogP contribution in [0.25, 0.3) is 10.8 Å². The summed E-state index contributed by atoms with van der Waals surface area (Å²) in [5.74, 6) is 0.413. The van der Waals surface area contributed by atoms with Crippen LogP contribution < -0.4 is 10.1 Å². The van der Waals surface area contributed by atoms with E-state index in [0.717, 1.165) is 9.78 Å². The topological polar surface area (TPSA) is 118 Å². The molecule has 11 heteroatoms. The molecule has 10 nitrogen and oxygen atoms in total. The highest BCUT2D eigenvalue weighted by molar-refractivity contribution is 7.13. The monoisotopic (exact) mass is 481 g/mol. The number of ether oxygens (including phenoxy) is 1. The number of rotatable bonds is 7. The van der Waals surface area contributed by atoms with Gasteiger partial charge in [-0.1, -0.05) is 31.2 Å². The van der Waals surface area contributed by atoms with E-state index in [0.29, 0.717) is 36.6 Å². The van der Waals surface area contributed by atoms with Crippen molar-refractivity contribution in [3.63, 3.8) is 0 Å². The summed E-state index contributed by atoms with van der Waals surface area (Å²) in [6.45, 7) is 2.36. The van der Waals surface area contributed by atoms with E-state index in [1.165, 1.54) is 16.2 Å². The van der Waals surface area contributed by atoms with Crippen LogP contribution in [0.4, 0.5) is 4.79 Å². The lowest BCUT2D eigenvalue weighted by Crippen LogP contribution is -2.48. The van der Waals surface area contributed by atoms with Crippen molar-refractivity contribution >= 4 is 29.2 Å². The molecule has 0 saturated carbocycles. The fourth-order valence-electron chi connectivity index (χ4n) is 4.29. The first kappa shape index (κ1) is 22.1. The molecule has 0 bridgehead atoms. The highest BCUT2D eigenvalue weighted by Gasteiger charge is 2.55. The second-order valence-corrected chi connectivity index (χ2v) is 9.06. The lowest BCUT2D eigenvalue weighted by molar-refractivity contribution is -0.140. The van der Waals surface area contributed by atoms with E-state index < -0.39 is 17.5 Å². The summed E-state index contributed by atoms with van der Waals surface area (Å²) in [6, 6.07) is 10.3. The van der Waals surface area contributed by atoms with E-state index in [9.17, 15) is 14.4 Å². The smallest absolute Gasteiger partial charge is 0.325 e. The third kappa shape index (κ3) is 3.81. The summed E-state index contributed by atoms with van der Waals surface area (Å²) in [7, 11) is 0. The van der Waals surface area contributed by atoms with E-state index in [1.54, 1.807) is 18.2 Å². The van der Waals surface area contributed by atoms with E-state index in [-0.39, 0.29) is 31.5 Å². The maximum atomic E-state index is 13.4. The van der Waals surface area contributed by atoms with Gasteiger partial charge in [0.25, 0.3) is 11.8 Å². The van der Waals surface area contributed by atoms with Gasteiger partial charge in [-0.05, 0) is 23.9 Å². The molecular formula is C23H23N5O5S. The summed E-state index contributed by atoms with van der Waals surface area (Å²) in [5.41, 5.74) is -0.615. The number of hydrogen-bond acceptors (Lipinski definition) is 8. The van der Waals surface area contributed by atoms with Gasteiger partial charge in [-0.2, -0.15) is 0 Å². The number of para-hydroxylation sites is 1. The Balaban J connectivity index is 1.32. The van der Waals surface area contributed by atoms with Gasteiger partial charge in [-0.3, -0.25) is 14.5 Å². The number of thiophene rings is 1. The molecule has 176 valence electrons. The Bertz CT molecular complexity index is 1230. The van der Waals surface area contributed by atoms with Gasteiger partial charge in [-0.25, -0.2) is 4.79 Å². The van der Waals surface area contributed by atoms with Gasteiger partial charge in [0.15, 0.2) is 5.54 Å². The summed E-state index contributed by atoms with van der Waals surface area (Å²) in [6.07, 6.45) is 0.984. The number of urea groups is 1. The molecule has 4 heterocycles. The predicted molar refractivity (Wildman–Crippen MR) is 122 cm³/mol. The number of nitrogens with zero attached hydrogens (tertiary/aromatic N) is 4. The molecule has 1 fully saturated rings. The predicted octanol–water partition coefficient (Wildman–Crippen LogP) is 2.77. The van der Waals surface area contributed by atoms with Crippen molar-refractivity contribution in [2.24, 2.45) is 0 Å². The van der Waals surface area contributed by atoms with Gasteiger partial charge in [0.1, 0.15) is 12.3 Å². The molecule has 1 spiro atoms. The Morgan fingerprint density at radius 3 is 2.88 bits per heavy atom. The minimum atomic E-state index is -1.22. The highest BCUT2D eigenvalue weighted by atomic mass is 32.1. The van der Waals surface area contributed by atoms with Crippen LogP contribution in [0.15, 0.2) is 46.2 Å². The normalized spacial score (nSPS) is 19.1. The minimum absolute atomic E-state index is 0.0938. The Hall–Kier alpha value is -3.73. The molecule has 1 aromatic carbocycles. The van der Waals surface area contributed by atoms with Crippen molar-refractivity contribution in [1.82, 2.24) is 25.3 Å². The van der Waals surface area contributed by atoms with Crippen LogP contribution in [0.1, 0.15) is 31.2 Å². The first-order valence-corrected chi connectivity index (χ1v) is 11.9. The number of carbonyl (C=O) groups excluding carboxylic acids is 3. The summed E-state index contributed by atoms with van der Waals surface area (Å²) >= 11 is 1.48. The molecule has 2 aromatic heterocycles. The molecule has 0 radical (unpaired) electrons. The zero-order valence-electron chi connectivity index (χ0n) is 18.5. The quantitative estimate of drug-likeness (QED) is 0.516. The molecule has 1 atom stereocenters. The third-order valence-corrected chi connectivity index (χ3v) is 6.78. The number of amides is 4. The Morgan fingerprint density at radius 1 is 1.24 bits per heavy atom. The molecule has 2 aliphatic rings. The number of fused-ring (bicyclic) bond motifs is 2. The molecule has 0 aliphatic carbocycles. The largest absolute Gasteiger partial charge is 0.493 e. The fourth-order valence-corrected chi connectivity index (χ4v) is 4.94. The van der Waals surface area contributed by atoms with Crippen molar-refractivity contribution in [3.05, 3.63) is 53.2 Å². The van der Waals surface area contributed by atoms with Gasteiger partial charge >= 0.3 is 6.03 Å². The minimum Gasteiger partial charge on any atom is -0.493 e. The van der Waals surface area contributed by atoms with Crippen LogP contribution in [0.3, 0.4) is 0 Å². The van der Waals surface area contributed by atoms with Gasteiger partial charge in [0.2, 0.25) is 11.8 Å². The zero-order chi connectivity index (χ0) is 23.7. The third-order valence-electron chi connectivity index (χ3n) is 5.92. The summed E-state index contributed by atoms with van der Waals surface area (Å²) < 4.78 is 11.4. The Labute approximate surface area is 199 Å². The standard InChI is InChI=1S/C23H23N5O5S/c1-2-10-27(13-18-25-26-20(33-18)17-8-5-12-34-17)19(29)14-28-21(30)23(24-22(28)31)9-11-32-16-7-4-3-6-15(16)23/h3-8,12H,2,9-11,13-14H2,1H3,(H,24,31)/t23-/m1/s1. The van der Waals surface area contributed by atoms with E-state index in [2.05, 4.69) is 15.5 Å². The van der Waals surface area contributed by atoms with Crippen LogP contribution in [0.5, 0.6) is 5.75 Å². The molecule has 2 aliphatic heterocycles. The van der Waals surface area contributed by atoms with Crippen LogP contribution >= 0.6 is 11.3 Å². The van der Waals surface area contributed by atoms with Crippen molar-refractivity contribution in [2.75, 3.05) is 19.7 Å². The molecule has 3 aromatic rings. The molecule has 1 saturated heterocycles. The SMILES string of the molecule is CCCN(Cc1nnc(-c2cccs2)o1)C(=O)CN1C(=O)N[C@@]2(CCOc3ccccc32)C1=O. The number of imide groups is 1. The number of carbonyl (C=O) groups is 3. The first-order chi connectivity index (χ1) is 16.5. The van der Waals surface area contributed by atoms with Gasteiger partial charge < -0.3 is 19.4 Å². The average molecular weight is 482 g/mol. The van der Waals surface area contributed by atoms with Crippen LogP contribution in [0, 0.1) is 0 Å². The van der Waals surface area contributed by atoms with Crippen molar-refractivity contribution < 1.29 is 23.5 Å².